The molecule has 0 saturated heterocycles. The Kier molecular flexibility index (Phi) is 4.63. The largest absolute Gasteiger partial charge is 0.493 e. The van der Waals surface area contributed by atoms with E-state index in [1.807, 2.05) is 19.1 Å². The number of benzene rings is 1. The van der Waals surface area contributed by atoms with Crippen LogP contribution in [0.1, 0.15) is 24.8 Å². The van der Waals surface area contributed by atoms with E-state index < -0.39 is 23.0 Å². The molecule has 1 aromatic carbocycles. The highest BCUT2D eigenvalue weighted by Crippen LogP contribution is 2.64. The van der Waals surface area contributed by atoms with E-state index in [2.05, 4.69) is 6.58 Å². The zero-order valence-corrected chi connectivity index (χ0v) is 17.1. The molecule has 5 atom stereocenters. The fourth-order valence-corrected chi connectivity index (χ4v) is 5.43. The number of aliphatic hydroxyl groups excluding tert-OH is 1. The molecular formula is C22H26O7. The van der Waals surface area contributed by atoms with Crippen LogP contribution in [0.25, 0.3) is 0 Å². The number of hydrogen-bond donors (Lipinski definition) is 1. The highest BCUT2D eigenvalue weighted by Gasteiger charge is 2.72. The molecule has 1 heterocycles. The lowest BCUT2D eigenvalue weighted by atomic mass is 9.70. The fraction of sp³-hybridized carbons (Fsp3) is 0.500. The first-order chi connectivity index (χ1) is 13.9. The Morgan fingerprint density at radius 3 is 2.66 bits per heavy atom. The van der Waals surface area contributed by atoms with E-state index in [0.717, 1.165) is 5.56 Å². The third kappa shape index (κ3) is 2.34. The molecule has 1 fully saturated rings. The van der Waals surface area contributed by atoms with Crippen molar-refractivity contribution in [3.63, 3.8) is 0 Å². The normalized spacial score (nSPS) is 34.7. The standard InChI is InChI=1S/C22H26O7/c1-6-7-21-10-16(26-4)19(23)22(27-5,20(21)24)17(12(21)2)13-8-14(25-3)18-15(9-13)28-11-29-18/h6,8-10,12,17,20,24H,1,7,11H2,2-5H3/t12-,17+,20+,21-,22-/m1/s1. The van der Waals surface area contributed by atoms with Crippen LogP contribution >= 0.6 is 0 Å². The summed E-state index contributed by atoms with van der Waals surface area (Å²) < 4.78 is 27.8. The summed E-state index contributed by atoms with van der Waals surface area (Å²) in [6, 6.07) is 3.66. The van der Waals surface area contributed by atoms with Gasteiger partial charge in [-0.1, -0.05) is 13.0 Å². The minimum Gasteiger partial charge on any atom is -0.493 e. The molecule has 1 N–H and O–H groups in total. The summed E-state index contributed by atoms with van der Waals surface area (Å²) in [5.41, 5.74) is -1.49. The van der Waals surface area contributed by atoms with Crippen molar-refractivity contribution in [1.29, 1.82) is 0 Å². The fourth-order valence-electron chi connectivity index (χ4n) is 5.43. The average Bonchev–Trinajstić information content (AvgIpc) is 3.24. The van der Waals surface area contributed by atoms with Gasteiger partial charge in [0.05, 0.1) is 14.2 Å². The summed E-state index contributed by atoms with van der Waals surface area (Å²) >= 11 is 0. The molecule has 1 aromatic rings. The van der Waals surface area contributed by atoms with Crippen LogP contribution in [0.3, 0.4) is 0 Å². The molecule has 7 nitrogen and oxygen atoms in total. The molecule has 29 heavy (non-hydrogen) atoms. The quantitative estimate of drug-likeness (QED) is 0.732. The van der Waals surface area contributed by atoms with E-state index in [9.17, 15) is 9.90 Å². The minimum absolute atomic E-state index is 0.0993. The molecule has 0 unspecified atom stereocenters. The van der Waals surface area contributed by atoms with Crippen molar-refractivity contribution in [2.24, 2.45) is 11.3 Å². The molecule has 0 amide bonds. The molecule has 3 aliphatic rings. The number of rotatable bonds is 6. The van der Waals surface area contributed by atoms with Gasteiger partial charge in [-0.15, -0.1) is 6.58 Å². The average molecular weight is 402 g/mol. The molecule has 7 heteroatoms. The molecule has 0 spiro atoms. The molecule has 1 aliphatic heterocycles. The Labute approximate surface area is 169 Å². The van der Waals surface area contributed by atoms with Gasteiger partial charge >= 0.3 is 0 Å². The number of Topliss-reactive ketones (excluding diaryl/α,β-unsaturated/α-hetero) is 1. The number of fused-ring (bicyclic) bond motifs is 3. The molecular weight excluding hydrogens is 376 g/mol. The lowest BCUT2D eigenvalue weighted by Crippen LogP contribution is -2.57. The summed E-state index contributed by atoms with van der Waals surface area (Å²) in [5.74, 6) is 0.759. The maximum absolute atomic E-state index is 13.5. The van der Waals surface area contributed by atoms with Crippen LogP contribution in [0.15, 0.2) is 36.6 Å². The Morgan fingerprint density at radius 1 is 1.28 bits per heavy atom. The van der Waals surface area contributed by atoms with E-state index >= 15 is 0 Å². The van der Waals surface area contributed by atoms with E-state index in [0.29, 0.717) is 23.7 Å². The minimum atomic E-state index is -1.50. The van der Waals surface area contributed by atoms with Crippen molar-refractivity contribution >= 4 is 5.78 Å². The molecule has 156 valence electrons. The van der Waals surface area contributed by atoms with Crippen LogP contribution in [-0.2, 0) is 14.3 Å². The second-order valence-corrected chi connectivity index (χ2v) is 7.77. The first-order valence-electron chi connectivity index (χ1n) is 9.54. The Balaban J connectivity index is 1.96. The summed E-state index contributed by atoms with van der Waals surface area (Å²) in [7, 11) is 4.45. The zero-order valence-electron chi connectivity index (χ0n) is 17.1. The Morgan fingerprint density at radius 2 is 2.03 bits per heavy atom. The number of hydrogen-bond acceptors (Lipinski definition) is 7. The molecule has 0 radical (unpaired) electrons. The van der Waals surface area contributed by atoms with Crippen LogP contribution < -0.4 is 14.2 Å². The number of carbonyl (C=O) groups is 1. The van der Waals surface area contributed by atoms with Crippen LogP contribution in [0.2, 0.25) is 0 Å². The van der Waals surface area contributed by atoms with Gasteiger partial charge in [-0.05, 0) is 36.1 Å². The first kappa shape index (κ1) is 19.8. The van der Waals surface area contributed by atoms with E-state index in [-0.39, 0.29) is 24.3 Å². The molecule has 1 saturated carbocycles. The third-order valence-electron chi connectivity index (χ3n) is 6.80. The second kappa shape index (κ2) is 6.78. The second-order valence-electron chi connectivity index (χ2n) is 7.77. The topological polar surface area (TPSA) is 83.5 Å². The number of methoxy groups -OCH3 is 3. The number of ketones is 1. The zero-order chi connectivity index (χ0) is 21.0. The molecule has 0 aromatic heterocycles. The molecule has 2 bridgehead atoms. The number of allylic oxidation sites excluding steroid dienone is 1. The number of carbonyl (C=O) groups excluding carboxylic acids is 1. The maximum atomic E-state index is 13.5. The predicted octanol–water partition coefficient (Wildman–Crippen LogP) is 2.58. The summed E-state index contributed by atoms with van der Waals surface area (Å²) in [4.78, 5) is 13.5. The summed E-state index contributed by atoms with van der Waals surface area (Å²) in [6.45, 7) is 5.97. The predicted molar refractivity (Wildman–Crippen MR) is 104 cm³/mol. The van der Waals surface area contributed by atoms with Crippen molar-refractivity contribution in [2.45, 2.75) is 31.0 Å². The van der Waals surface area contributed by atoms with Crippen LogP contribution in [0, 0.1) is 11.3 Å². The third-order valence-corrected chi connectivity index (χ3v) is 6.80. The number of ether oxygens (including phenoxy) is 5. The monoisotopic (exact) mass is 402 g/mol. The van der Waals surface area contributed by atoms with Crippen molar-refractivity contribution < 1.29 is 33.6 Å². The van der Waals surface area contributed by atoms with Gasteiger partial charge in [-0.3, -0.25) is 4.79 Å². The molecule has 4 rings (SSSR count). The van der Waals surface area contributed by atoms with Gasteiger partial charge in [-0.25, -0.2) is 0 Å². The number of aliphatic hydroxyl groups is 1. The van der Waals surface area contributed by atoms with E-state index in [1.165, 1.54) is 14.2 Å². The van der Waals surface area contributed by atoms with Gasteiger partial charge in [-0.2, -0.15) is 0 Å². The highest BCUT2D eigenvalue weighted by molar-refractivity contribution is 6.04. The summed E-state index contributed by atoms with van der Waals surface area (Å²) in [6.07, 6.45) is 2.90. The van der Waals surface area contributed by atoms with Gasteiger partial charge < -0.3 is 28.8 Å². The Bertz CT molecular complexity index is 891. The SMILES string of the molecule is C=CC[C@@]12C=C(OC)C(=O)[C@](OC)([C@H](c3cc(OC)c4c(c3)OCO4)[C@H]1C)[C@H]2O. The molecule has 2 aliphatic carbocycles. The van der Waals surface area contributed by atoms with Crippen LogP contribution in [0.4, 0.5) is 0 Å². The smallest absolute Gasteiger partial charge is 0.232 e. The van der Waals surface area contributed by atoms with Crippen molar-refractivity contribution in [3.05, 3.63) is 42.2 Å². The summed E-state index contributed by atoms with van der Waals surface area (Å²) in [5, 5.41) is 11.5. The van der Waals surface area contributed by atoms with Crippen molar-refractivity contribution in [1.82, 2.24) is 0 Å². The van der Waals surface area contributed by atoms with Gasteiger partial charge in [0.15, 0.2) is 22.9 Å². The van der Waals surface area contributed by atoms with Crippen molar-refractivity contribution in [2.75, 3.05) is 28.1 Å². The maximum Gasteiger partial charge on any atom is 0.232 e. The van der Waals surface area contributed by atoms with Gasteiger partial charge in [0, 0.05) is 18.4 Å². The van der Waals surface area contributed by atoms with Gasteiger partial charge in [0.1, 0.15) is 6.10 Å². The van der Waals surface area contributed by atoms with Crippen LogP contribution in [-0.4, -0.2) is 50.7 Å². The first-order valence-corrected chi connectivity index (χ1v) is 9.54. The van der Waals surface area contributed by atoms with Gasteiger partial charge in [0.2, 0.25) is 18.3 Å². The highest BCUT2D eigenvalue weighted by atomic mass is 16.7. The van der Waals surface area contributed by atoms with E-state index in [4.69, 9.17) is 23.7 Å². The lowest BCUT2D eigenvalue weighted by molar-refractivity contribution is -0.162. The lowest BCUT2D eigenvalue weighted by Gasteiger charge is -2.41. The van der Waals surface area contributed by atoms with E-state index in [1.54, 1.807) is 19.3 Å². The van der Waals surface area contributed by atoms with Crippen LogP contribution in [0.5, 0.6) is 17.2 Å². The van der Waals surface area contributed by atoms with Gasteiger partial charge in [0.25, 0.3) is 0 Å². The van der Waals surface area contributed by atoms with Crippen molar-refractivity contribution in [3.8, 4) is 17.2 Å². The Hall–Kier alpha value is -2.51.